The van der Waals surface area contributed by atoms with E-state index in [2.05, 4.69) is 0 Å². The molecule has 0 bridgehead atoms. The Bertz CT molecular complexity index is 617. The van der Waals surface area contributed by atoms with E-state index in [-0.39, 0.29) is 16.6 Å². The Morgan fingerprint density at radius 2 is 2.24 bits per heavy atom. The highest BCUT2D eigenvalue weighted by atomic mass is 35.5. The van der Waals surface area contributed by atoms with Crippen LogP contribution in [0.1, 0.15) is 19.3 Å². The first-order chi connectivity index (χ1) is 9.98. The van der Waals surface area contributed by atoms with Crippen molar-refractivity contribution in [2.24, 2.45) is 5.92 Å². The molecule has 1 fully saturated rings. The van der Waals surface area contributed by atoms with Crippen LogP contribution in [0, 0.1) is 5.92 Å². The lowest BCUT2D eigenvalue weighted by Gasteiger charge is -2.31. The zero-order chi connectivity index (χ0) is 15.5. The first kappa shape index (κ1) is 16.3. The Labute approximate surface area is 129 Å². The Balaban J connectivity index is 2.33. The van der Waals surface area contributed by atoms with E-state index in [0.717, 1.165) is 19.1 Å². The summed E-state index contributed by atoms with van der Waals surface area (Å²) < 4.78 is 32.1. The Kier molecular flexibility index (Phi) is 5.24. The smallest absolute Gasteiger partial charge is 0.246 e. The number of hydrogen-bond acceptors (Lipinski definition) is 4. The van der Waals surface area contributed by atoms with Crippen LogP contribution in [0.2, 0.25) is 5.02 Å². The Morgan fingerprint density at radius 3 is 2.90 bits per heavy atom. The van der Waals surface area contributed by atoms with Crippen LogP contribution in [0.5, 0.6) is 5.75 Å². The Hall–Kier alpha value is -1.11. The van der Waals surface area contributed by atoms with Crippen molar-refractivity contribution in [3.05, 3.63) is 23.2 Å². The van der Waals surface area contributed by atoms with Gasteiger partial charge in [-0.15, -0.1) is 0 Å². The molecular weight excluding hydrogens is 314 g/mol. The van der Waals surface area contributed by atoms with Gasteiger partial charge < -0.3 is 9.53 Å². The maximum atomic E-state index is 12.8. The molecule has 0 N–H and O–H groups in total. The van der Waals surface area contributed by atoms with E-state index in [9.17, 15) is 13.2 Å². The Morgan fingerprint density at radius 1 is 1.48 bits per heavy atom. The molecule has 1 aliphatic heterocycles. The summed E-state index contributed by atoms with van der Waals surface area (Å²) in [5.74, 6) is 0.355. The monoisotopic (exact) mass is 331 g/mol. The number of rotatable bonds is 5. The number of aldehydes is 1. The van der Waals surface area contributed by atoms with Crippen molar-refractivity contribution in [2.45, 2.75) is 24.2 Å². The summed E-state index contributed by atoms with van der Waals surface area (Å²) in [7, 11) is -2.25. The van der Waals surface area contributed by atoms with E-state index in [1.807, 2.05) is 0 Å². The molecule has 1 aliphatic rings. The summed E-state index contributed by atoms with van der Waals surface area (Å²) in [6.45, 7) is 0.810. The van der Waals surface area contributed by atoms with Gasteiger partial charge in [0.1, 0.15) is 16.9 Å². The van der Waals surface area contributed by atoms with Crippen LogP contribution in [0.4, 0.5) is 0 Å². The molecule has 2 rings (SSSR count). The normalized spacial score (nSPS) is 20.2. The van der Waals surface area contributed by atoms with Crippen molar-refractivity contribution >= 4 is 27.9 Å². The van der Waals surface area contributed by atoms with E-state index in [1.54, 1.807) is 12.1 Å². The van der Waals surface area contributed by atoms with E-state index in [4.69, 9.17) is 16.3 Å². The van der Waals surface area contributed by atoms with Gasteiger partial charge in [-0.2, -0.15) is 4.31 Å². The van der Waals surface area contributed by atoms with Crippen LogP contribution in [0.3, 0.4) is 0 Å². The molecule has 1 aromatic rings. The van der Waals surface area contributed by atoms with E-state index in [0.29, 0.717) is 24.5 Å². The van der Waals surface area contributed by atoms with Gasteiger partial charge in [-0.25, -0.2) is 8.42 Å². The minimum Gasteiger partial charge on any atom is -0.495 e. The zero-order valence-electron chi connectivity index (χ0n) is 11.8. The summed E-state index contributed by atoms with van der Waals surface area (Å²) in [6.07, 6.45) is 2.86. The fraction of sp³-hybridized carbons (Fsp3) is 0.500. The highest BCUT2D eigenvalue weighted by Crippen LogP contribution is 2.32. The molecule has 0 aromatic heterocycles. The van der Waals surface area contributed by atoms with Crippen molar-refractivity contribution in [1.82, 2.24) is 4.31 Å². The molecule has 116 valence electrons. The SMILES string of the molecule is COc1ccc(Cl)cc1S(=O)(=O)N1CCCC(CC=O)C1. The van der Waals surface area contributed by atoms with Gasteiger partial charge >= 0.3 is 0 Å². The summed E-state index contributed by atoms with van der Waals surface area (Å²) in [5, 5.41) is 0.343. The molecular formula is C14H18ClNO4S. The zero-order valence-corrected chi connectivity index (χ0v) is 13.4. The van der Waals surface area contributed by atoms with E-state index in [1.165, 1.54) is 17.5 Å². The highest BCUT2D eigenvalue weighted by Gasteiger charge is 2.32. The second-order valence-corrected chi connectivity index (χ2v) is 7.41. The van der Waals surface area contributed by atoms with Gasteiger partial charge in [-0.1, -0.05) is 11.6 Å². The number of nitrogens with zero attached hydrogens (tertiary/aromatic N) is 1. The van der Waals surface area contributed by atoms with Crippen molar-refractivity contribution in [2.75, 3.05) is 20.2 Å². The van der Waals surface area contributed by atoms with Crippen LogP contribution < -0.4 is 4.74 Å². The average molecular weight is 332 g/mol. The summed E-state index contributed by atoms with van der Waals surface area (Å²) in [5.41, 5.74) is 0. The molecule has 0 saturated carbocycles. The van der Waals surface area contributed by atoms with Gasteiger partial charge in [-0.05, 0) is 37.0 Å². The molecule has 21 heavy (non-hydrogen) atoms. The first-order valence-electron chi connectivity index (χ1n) is 6.76. The minimum atomic E-state index is -3.67. The molecule has 1 heterocycles. The molecule has 5 nitrogen and oxygen atoms in total. The summed E-state index contributed by atoms with van der Waals surface area (Å²) in [4.78, 5) is 10.7. The van der Waals surface area contributed by atoms with E-state index < -0.39 is 10.0 Å². The quantitative estimate of drug-likeness (QED) is 0.777. The van der Waals surface area contributed by atoms with Gasteiger partial charge in [-0.3, -0.25) is 0 Å². The topological polar surface area (TPSA) is 63.7 Å². The lowest BCUT2D eigenvalue weighted by molar-refractivity contribution is -0.108. The van der Waals surface area contributed by atoms with Gasteiger partial charge in [0, 0.05) is 24.5 Å². The van der Waals surface area contributed by atoms with Gasteiger partial charge in [0.05, 0.1) is 7.11 Å². The fourth-order valence-corrected chi connectivity index (χ4v) is 4.54. The largest absolute Gasteiger partial charge is 0.495 e. The van der Waals surface area contributed by atoms with Crippen LogP contribution >= 0.6 is 11.6 Å². The second-order valence-electron chi connectivity index (χ2n) is 5.07. The molecule has 7 heteroatoms. The molecule has 1 aromatic carbocycles. The van der Waals surface area contributed by atoms with Gasteiger partial charge in [0.15, 0.2) is 0 Å². The number of benzene rings is 1. The number of ether oxygens (including phenoxy) is 1. The third kappa shape index (κ3) is 3.56. The lowest BCUT2D eigenvalue weighted by atomic mass is 9.97. The molecule has 1 unspecified atom stereocenters. The predicted octanol–water partition coefficient (Wildman–Crippen LogP) is 2.34. The molecule has 0 aliphatic carbocycles. The van der Waals surface area contributed by atoms with Gasteiger partial charge in [0.2, 0.25) is 10.0 Å². The maximum Gasteiger partial charge on any atom is 0.246 e. The van der Waals surface area contributed by atoms with Crippen molar-refractivity contribution < 1.29 is 17.9 Å². The predicted molar refractivity (Wildman–Crippen MR) is 80.2 cm³/mol. The maximum absolute atomic E-state index is 12.8. The number of halogens is 1. The second kappa shape index (κ2) is 6.77. The van der Waals surface area contributed by atoms with Crippen molar-refractivity contribution in [3.8, 4) is 5.75 Å². The molecule has 0 spiro atoms. The van der Waals surface area contributed by atoms with Crippen LogP contribution in [-0.2, 0) is 14.8 Å². The average Bonchev–Trinajstić information content (AvgIpc) is 2.48. The highest BCUT2D eigenvalue weighted by molar-refractivity contribution is 7.89. The van der Waals surface area contributed by atoms with Crippen LogP contribution in [-0.4, -0.2) is 39.2 Å². The molecule has 0 amide bonds. The number of carbonyl (C=O) groups excluding carboxylic acids is 1. The number of carbonyl (C=O) groups is 1. The fourth-order valence-electron chi connectivity index (χ4n) is 2.56. The van der Waals surface area contributed by atoms with Crippen molar-refractivity contribution in [3.63, 3.8) is 0 Å². The summed E-state index contributed by atoms with van der Waals surface area (Å²) >= 11 is 5.91. The molecule has 0 radical (unpaired) electrons. The molecule has 1 atom stereocenters. The standard InChI is InChI=1S/C14H18ClNO4S/c1-20-13-5-4-12(15)9-14(13)21(18,19)16-7-2-3-11(10-16)6-8-17/h4-5,8-9,11H,2-3,6-7,10H2,1H3. The first-order valence-corrected chi connectivity index (χ1v) is 8.58. The van der Waals surface area contributed by atoms with Crippen LogP contribution in [0.15, 0.2) is 23.1 Å². The third-order valence-corrected chi connectivity index (χ3v) is 5.78. The van der Waals surface area contributed by atoms with Crippen molar-refractivity contribution in [1.29, 1.82) is 0 Å². The number of methoxy groups -OCH3 is 1. The third-order valence-electron chi connectivity index (χ3n) is 3.65. The number of hydrogen-bond donors (Lipinski definition) is 0. The van der Waals surface area contributed by atoms with Gasteiger partial charge in [0.25, 0.3) is 0 Å². The summed E-state index contributed by atoms with van der Waals surface area (Å²) in [6, 6.07) is 4.53. The molecule has 1 saturated heterocycles. The number of sulfonamides is 1. The minimum absolute atomic E-state index is 0.0734. The van der Waals surface area contributed by atoms with E-state index >= 15 is 0 Å². The van der Waals surface area contributed by atoms with Crippen LogP contribution in [0.25, 0.3) is 0 Å². The lowest BCUT2D eigenvalue weighted by Crippen LogP contribution is -2.40. The number of piperidine rings is 1.